The van der Waals surface area contributed by atoms with Crippen LogP contribution in [0.15, 0.2) is 36.4 Å². The van der Waals surface area contributed by atoms with Crippen LogP contribution in [-0.4, -0.2) is 23.1 Å². The second-order valence-corrected chi connectivity index (χ2v) is 6.39. The highest BCUT2D eigenvalue weighted by molar-refractivity contribution is 6.35. The molecular weight excluding hydrogens is 391 g/mol. The first-order chi connectivity index (χ1) is 11.8. The van der Waals surface area contributed by atoms with Gasteiger partial charge in [-0.3, -0.25) is 4.79 Å². The van der Waals surface area contributed by atoms with E-state index < -0.39 is 24.5 Å². The van der Waals surface area contributed by atoms with Gasteiger partial charge in [0.1, 0.15) is 11.5 Å². The Kier molecular flexibility index (Phi) is 6.53. The van der Waals surface area contributed by atoms with Crippen molar-refractivity contribution in [1.82, 2.24) is 0 Å². The standard InChI is InChI=1S/C17H13Cl3O5/c1-9-6-10(18)2-4-13(9)25-16(21)8-15(17(22)23)24-14-5-3-11(19)7-12(14)20/h2-7,15H,8H2,1H3,(H,22,23). The summed E-state index contributed by atoms with van der Waals surface area (Å²) in [5.74, 6) is -1.68. The van der Waals surface area contributed by atoms with Crippen LogP contribution >= 0.6 is 34.8 Å². The van der Waals surface area contributed by atoms with Gasteiger partial charge >= 0.3 is 11.9 Å². The molecule has 0 bridgehead atoms. The number of carboxylic acid groups (broad SMARTS) is 1. The highest BCUT2D eigenvalue weighted by Gasteiger charge is 2.25. The number of aliphatic carboxylic acids is 1. The lowest BCUT2D eigenvalue weighted by atomic mass is 10.2. The third-order valence-electron chi connectivity index (χ3n) is 3.15. The highest BCUT2D eigenvalue weighted by atomic mass is 35.5. The van der Waals surface area contributed by atoms with Gasteiger partial charge in [0.25, 0.3) is 0 Å². The van der Waals surface area contributed by atoms with Gasteiger partial charge in [0, 0.05) is 10.0 Å². The highest BCUT2D eigenvalue weighted by Crippen LogP contribution is 2.29. The van der Waals surface area contributed by atoms with Gasteiger partial charge in [-0.2, -0.15) is 0 Å². The molecule has 0 saturated carbocycles. The number of hydrogen-bond acceptors (Lipinski definition) is 4. The molecule has 0 fully saturated rings. The van der Waals surface area contributed by atoms with Crippen molar-refractivity contribution in [2.45, 2.75) is 19.4 Å². The van der Waals surface area contributed by atoms with Gasteiger partial charge in [0.05, 0.1) is 11.4 Å². The number of aryl methyl sites for hydroxylation is 1. The number of hydrogen-bond donors (Lipinski definition) is 1. The molecule has 0 amide bonds. The van der Waals surface area contributed by atoms with Crippen molar-refractivity contribution in [1.29, 1.82) is 0 Å². The number of halogens is 3. The molecule has 0 aromatic heterocycles. The van der Waals surface area contributed by atoms with Crippen LogP contribution in [0.25, 0.3) is 0 Å². The fraction of sp³-hybridized carbons (Fsp3) is 0.176. The number of carbonyl (C=O) groups excluding carboxylic acids is 1. The molecule has 132 valence electrons. The van der Waals surface area contributed by atoms with Crippen molar-refractivity contribution >= 4 is 46.7 Å². The SMILES string of the molecule is Cc1cc(Cl)ccc1OC(=O)CC(Oc1ccc(Cl)cc1Cl)C(=O)O. The van der Waals surface area contributed by atoms with E-state index >= 15 is 0 Å². The maximum absolute atomic E-state index is 12.0. The molecule has 0 spiro atoms. The van der Waals surface area contributed by atoms with Crippen LogP contribution < -0.4 is 9.47 Å². The Morgan fingerprint density at radius 3 is 2.20 bits per heavy atom. The molecule has 1 unspecified atom stereocenters. The summed E-state index contributed by atoms with van der Waals surface area (Å²) < 4.78 is 10.5. The molecular formula is C17H13Cl3O5. The first-order valence-electron chi connectivity index (χ1n) is 7.07. The third-order valence-corrected chi connectivity index (χ3v) is 3.92. The maximum Gasteiger partial charge on any atom is 0.345 e. The van der Waals surface area contributed by atoms with Crippen LogP contribution in [-0.2, 0) is 9.59 Å². The molecule has 25 heavy (non-hydrogen) atoms. The second kappa shape index (κ2) is 8.43. The maximum atomic E-state index is 12.0. The Balaban J connectivity index is 2.07. The molecule has 0 saturated heterocycles. The van der Waals surface area contributed by atoms with Gasteiger partial charge in [-0.25, -0.2) is 4.79 Å². The van der Waals surface area contributed by atoms with Gasteiger partial charge in [-0.1, -0.05) is 34.8 Å². The van der Waals surface area contributed by atoms with Crippen molar-refractivity contribution < 1.29 is 24.2 Å². The summed E-state index contributed by atoms with van der Waals surface area (Å²) in [5, 5.41) is 10.3. The van der Waals surface area contributed by atoms with Crippen LogP contribution in [0.4, 0.5) is 0 Å². The predicted octanol–water partition coefficient (Wildman–Crippen LogP) is 4.78. The molecule has 0 aliphatic rings. The van der Waals surface area contributed by atoms with Gasteiger partial charge in [0.2, 0.25) is 6.10 Å². The molecule has 0 aliphatic heterocycles. The number of carboxylic acids is 1. The minimum Gasteiger partial charge on any atom is -0.478 e. The summed E-state index contributed by atoms with van der Waals surface area (Å²) >= 11 is 17.6. The Morgan fingerprint density at radius 1 is 1.04 bits per heavy atom. The number of esters is 1. The summed E-state index contributed by atoms with van der Waals surface area (Å²) in [6.07, 6.45) is -1.96. The molecule has 8 heteroatoms. The molecule has 5 nitrogen and oxygen atoms in total. The normalized spacial score (nSPS) is 11.7. The fourth-order valence-electron chi connectivity index (χ4n) is 1.95. The van der Waals surface area contributed by atoms with E-state index in [0.717, 1.165) is 0 Å². The zero-order chi connectivity index (χ0) is 18.6. The monoisotopic (exact) mass is 402 g/mol. The van der Waals surface area contributed by atoms with Crippen molar-refractivity contribution in [3.63, 3.8) is 0 Å². The minimum atomic E-state index is -1.46. The molecule has 1 N–H and O–H groups in total. The number of carbonyl (C=O) groups is 2. The average molecular weight is 404 g/mol. The van der Waals surface area contributed by atoms with E-state index in [1.165, 1.54) is 24.3 Å². The van der Waals surface area contributed by atoms with Crippen LogP contribution in [0.3, 0.4) is 0 Å². The Labute approximate surface area is 159 Å². The zero-order valence-corrected chi connectivity index (χ0v) is 15.2. The number of rotatable bonds is 6. The lowest BCUT2D eigenvalue weighted by Crippen LogP contribution is -2.31. The predicted molar refractivity (Wildman–Crippen MR) is 95.0 cm³/mol. The van der Waals surface area contributed by atoms with Crippen LogP contribution in [0, 0.1) is 6.92 Å². The number of benzene rings is 2. The Morgan fingerprint density at radius 2 is 1.64 bits per heavy atom. The summed E-state index contributed by atoms with van der Waals surface area (Å²) in [6, 6.07) is 9.06. The van der Waals surface area contributed by atoms with E-state index in [2.05, 4.69) is 0 Å². The van der Waals surface area contributed by atoms with E-state index in [0.29, 0.717) is 21.4 Å². The second-order valence-electron chi connectivity index (χ2n) is 5.11. The van der Waals surface area contributed by atoms with E-state index in [1.807, 2.05) is 0 Å². The molecule has 0 heterocycles. The molecule has 1 atom stereocenters. The summed E-state index contributed by atoms with van der Waals surface area (Å²) in [4.78, 5) is 23.4. The van der Waals surface area contributed by atoms with Crippen molar-refractivity contribution in [2.24, 2.45) is 0 Å². The van der Waals surface area contributed by atoms with Gasteiger partial charge in [-0.15, -0.1) is 0 Å². The molecule has 0 radical (unpaired) electrons. The van der Waals surface area contributed by atoms with Crippen LogP contribution in [0.1, 0.15) is 12.0 Å². The van der Waals surface area contributed by atoms with Gasteiger partial charge in [0.15, 0.2) is 0 Å². The fourth-order valence-corrected chi connectivity index (χ4v) is 2.63. The van der Waals surface area contributed by atoms with Crippen molar-refractivity contribution in [2.75, 3.05) is 0 Å². The summed E-state index contributed by atoms with van der Waals surface area (Å²) in [5.41, 5.74) is 0.648. The van der Waals surface area contributed by atoms with E-state index in [1.54, 1.807) is 19.1 Å². The third kappa shape index (κ3) is 5.53. The Hall–Kier alpha value is -1.95. The topological polar surface area (TPSA) is 72.8 Å². The van der Waals surface area contributed by atoms with E-state index in [9.17, 15) is 14.7 Å². The molecule has 2 rings (SSSR count). The largest absolute Gasteiger partial charge is 0.478 e. The lowest BCUT2D eigenvalue weighted by Gasteiger charge is -2.16. The minimum absolute atomic E-state index is 0.106. The van der Waals surface area contributed by atoms with E-state index in [-0.39, 0.29) is 10.8 Å². The van der Waals surface area contributed by atoms with Crippen molar-refractivity contribution in [3.05, 3.63) is 57.0 Å². The zero-order valence-electron chi connectivity index (χ0n) is 13.0. The van der Waals surface area contributed by atoms with Crippen LogP contribution in [0.2, 0.25) is 15.1 Å². The van der Waals surface area contributed by atoms with Gasteiger partial charge < -0.3 is 14.6 Å². The Bertz CT molecular complexity index is 807. The smallest absolute Gasteiger partial charge is 0.345 e. The van der Waals surface area contributed by atoms with Crippen LogP contribution in [0.5, 0.6) is 11.5 Å². The lowest BCUT2D eigenvalue weighted by molar-refractivity contribution is -0.150. The van der Waals surface area contributed by atoms with E-state index in [4.69, 9.17) is 44.3 Å². The first kappa shape index (κ1) is 19.4. The quantitative estimate of drug-likeness (QED) is 0.555. The number of ether oxygens (including phenoxy) is 2. The molecule has 2 aromatic rings. The molecule has 2 aromatic carbocycles. The first-order valence-corrected chi connectivity index (χ1v) is 8.21. The summed E-state index contributed by atoms with van der Waals surface area (Å²) in [6.45, 7) is 1.72. The van der Waals surface area contributed by atoms with Crippen molar-refractivity contribution in [3.8, 4) is 11.5 Å². The molecule has 0 aliphatic carbocycles. The average Bonchev–Trinajstić information content (AvgIpc) is 2.51. The van der Waals surface area contributed by atoms with Gasteiger partial charge in [-0.05, 0) is 48.9 Å². The summed E-state index contributed by atoms with van der Waals surface area (Å²) in [7, 11) is 0.